The summed E-state index contributed by atoms with van der Waals surface area (Å²) in [5, 5.41) is 7.01. The Kier molecular flexibility index (Phi) is 5.38. The summed E-state index contributed by atoms with van der Waals surface area (Å²) >= 11 is 7.28. The minimum atomic E-state index is -0.153. The van der Waals surface area contributed by atoms with Crippen LogP contribution in [0.2, 0.25) is 5.02 Å². The van der Waals surface area contributed by atoms with Crippen molar-refractivity contribution in [2.75, 3.05) is 29.9 Å². The van der Waals surface area contributed by atoms with E-state index in [1.165, 1.54) is 16.9 Å². The van der Waals surface area contributed by atoms with Gasteiger partial charge < -0.3 is 15.5 Å². The quantitative estimate of drug-likeness (QED) is 0.691. The van der Waals surface area contributed by atoms with Crippen LogP contribution >= 0.6 is 22.9 Å². The second-order valence-corrected chi connectivity index (χ2v) is 7.58. The van der Waals surface area contributed by atoms with Crippen molar-refractivity contribution in [2.24, 2.45) is 0 Å². The van der Waals surface area contributed by atoms with E-state index >= 15 is 0 Å². The summed E-state index contributed by atoms with van der Waals surface area (Å²) in [6.07, 6.45) is 0. The molecule has 1 aliphatic rings. The highest BCUT2D eigenvalue weighted by molar-refractivity contribution is 7.12. The molecule has 1 aliphatic heterocycles. The summed E-state index contributed by atoms with van der Waals surface area (Å²) in [6.45, 7) is 2.48. The number of aromatic nitrogens is 1. The van der Waals surface area contributed by atoms with E-state index in [2.05, 4.69) is 32.7 Å². The number of benzene rings is 2. The molecule has 138 valence electrons. The molecule has 2 N–H and O–H groups in total. The molecule has 1 atom stereocenters. The number of piperazine rings is 1. The van der Waals surface area contributed by atoms with Gasteiger partial charge in [-0.25, -0.2) is 4.98 Å². The average Bonchev–Trinajstić information content (AvgIpc) is 3.20. The average molecular weight is 399 g/mol. The molecule has 2 aromatic carbocycles. The largest absolute Gasteiger partial charge is 0.346 e. The number of halogens is 1. The lowest BCUT2D eigenvalue weighted by Crippen LogP contribution is -2.46. The first kappa shape index (κ1) is 18.0. The number of rotatable bonds is 4. The van der Waals surface area contributed by atoms with E-state index in [4.69, 9.17) is 11.6 Å². The van der Waals surface area contributed by atoms with Crippen molar-refractivity contribution in [1.82, 2.24) is 10.3 Å². The van der Waals surface area contributed by atoms with Gasteiger partial charge in [0, 0.05) is 30.3 Å². The third kappa shape index (κ3) is 3.98. The van der Waals surface area contributed by atoms with Crippen molar-refractivity contribution >= 4 is 40.4 Å². The topological polar surface area (TPSA) is 57.3 Å². The van der Waals surface area contributed by atoms with E-state index in [1.54, 1.807) is 29.8 Å². The van der Waals surface area contributed by atoms with Gasteiger partial charge in [-0.05, 0) is 29.8 Å². The minimum absolute atomic E-state index is 0.143. The maximum Gasteiger partial charge on any atom is 0.269 e. The van der Waals surface area contributed by atoms with E-state index < -0.39 is 0 Å². The van der Waals surface area contributed by atoms with Gasteiger partial charge in [0.05, 0.1) is 11.6 Å². The van der Waals surface area contributed by atoms with Crippen LogP contribution in [-0.4, -0.2) is 30.5 Å². The van der Waals surface area contributed by atoms with Crippen molar-refractivity contribution in [1.29, 1.82) is 0 Å². The van der Waals surface area contributed by atoms with Crippen molar-refractivity contribution in [3.63, 3.8) is 0 Å². The first-order valence-electron chi connectivity index (χ1n) is 8.75. The fraction of sp³-hybridized carbons (Fsp3) is 0.200. The molecule has 27 heavy (non-hydrogen) atoms. The molecule has 1 saturated heterocycles. The minimum Gasteiger partial charge on any atom is -0.346 e. The number of amides is 1. The molecule has 5 nitrogen and oxygen atoms in total. The van der Waals surface area contributed by atoms with Crippen LogP contribution < -0.4 is 15.5 Å². The summed E-state index contributed by atoms with van der Waals surface area (Å²) in [7, 11) is 0. The van der Waals surface area contributed by atoms with E-state index in [0.717, 1.165) is 25.5 Å². The molecular weight excluding hydrogens is 380 g/mol. The Balaban J connectivity index is 1.60. The Hall–Kier alpha value is -2.41. The number of anilines is 2. The zero-order chi connectivity index (χ0) is 18.6. The highest BCUT2D eigenvalue weighted by Gasteiger charge is 2.29. The van der Waals surface area contributed by atoms with Gasteiger partial charge in [-0.2, -0.15) is 0 Å². The molecule has 1 amide bonds. The monoisotopic (exact) mass is 398 g/mol. The van der Waals surface area contributed by atoms with Gasteiger partial charge in [0.15, 0.2) is 5.82 Å². The number of carbonyl (C=O) groups excluding carboxylic acids is 1. The summed E-state index contributed by atoms with van der Waals surface area (Å²) in [5.41, 5.74) is 3.65. The van der Waals surface area contributed by atoms with Gasteiger partial charge in [0.25, 0.3) is 5.91 Å². The van der Waals surface area contributed by atoms with Crippen molar-refractivity contribution in [2.45, 2.75) is 6.04 Å². The standard InChI is InChI=1S/C20H19ClN4OS/c21-15-6-8-16(9-7-15)24-20(26)18-19(23-13-27-18)25-11-10-22-12-17(25)14-4-2-1-3-5-14/h1-9,13,17,22H,10-12H2,(H,24,26). The molecular formula is C20H19ClN4OS. The SMILES string of the molecule is O=C(Nc1ccc(Cl)cc1)c1scnc1N1CCNCC1c1ccccc1. The molecule has 1 fully saturated rings. The Bertz CT molecular complexity index is 913. The lowest BCUT2D eigenvalue weighted by Gasteiger charge is -2.37. The Labute approximate surface area is 167 Å². The van der Waals surface area contributed by atoms with Crippen LogP contribution in [0.25, 0.3) is 0 Å². The van der Waals surface area contributed by atoms with Crippen LogP contribution in [0.1, 0.15) is 21.3 Å². The third-order valence-corrected chi connectivity index (χ3v) is 5.62. The lowest BCUT2D eigenvalue weighted by atomic mass is 10.0. The van der Waals surface area contributed by atoms with Gasteiger partial charge in [0.2, 0.25) is 0 Å². The van der Waals surface area contributed by atoms with Gasteiger partial charge in [-0.15, -0.1) is 11.3 Å². The molecule has 3 aromatic rings. The van der Waals surface area contributed by atoms with Crippen LogP contribution in [0, 0.1) is 0 Å². The second kappa shape index (κ2) is 8.08. The fourth-order valence-electron chi connectivity index (χ4n) is 3.25. The fourth-order valence-corrected chi connectivity index (χ4v) is 4.07. The van der Waals surface area contributed by atoms with Crippen molar-refractivity contribution in [3.8, 4) is 0 Å². The molecule has 0 aliphatic carbocycles. The van der Waals surface area contributed by atoms with Crippen molar-refractivity contribution < 1.29 is 4.79 Å². The zero-order valence-electron chi connectivity index (χ0n) is 14.6. The first-order valence-corrected chi connectivity index (χ1v) is 10.0. The highest BCUT2D eigenvalue weighted by Crippen LogP contribution is 2.32. The molecule has 0 spiro atoms. The van der Waals surface area contributed by atoms with Crippen LogP contribution in [0.15, 0.2) is 60.1 Å². The van der Waals surface area contributed by atoms with E-state index in [0.29, 0.717) is 15.6 Å². The Morgan fingerprint density at radius 2 is 1.96 bits per heavy atom. The van der Waals surface area contributed by atoms with Crippen molar-refractivity contribution in [3.05, 3.63) is 75.6 Å². The third-order valence-electron chi connectivity index (χ3n) is 4.56. The Morgan fingerprint density at radius 1 is 1.19 bits per heavy atom. The normalized spacial score (nSPS) is 16.9. The highest BCUT2D eigenvalue weighted by atomic mass is 35.5. The molecule has 7 heteroatoms. The molecule has 0 saturated carbocycles. The van der Waals surface area contributed by atoms with Crippen LogP contribution in [-0.2, 0) is 0 Å². The summed E-state index contributed by atoms with van der Waals surface area (Å²) in [6, 6.07) is 17.6. The van der Waals surface area contributed by atoms with Gasteiger partial charge in [-0.3, -0.25) is 4.79 Å². The van der Waals surface area contributed by atoms with Crippen LogP contribution in [0.3, 0.4) is 0 Å². The van der Waals surface area contributed by atoms with E-state index in [-0.39, 0.29) is 11.9 Å². The van der Waals surface area contributed by atoms with Gasteiger partial charge in [-0.1, -0.05) is 41.9 Å². The molecule has 1 unspecified atom stereocenters. The number of nitrogens with zero attached hydrogens (tertiary/aromatic N) is 2. The van der Waals surface area contributed by atoms with Crippen LogP contribution in [0.5, 0.6) is 0 Å². The Morgan fingerprint density at radius 3 is 2.74 bits per heavy atom. The number of hydrogen-bond donors (Lipinski definition) is 2. The maximum absolute atomic E-state index is 12.9. The first-order chi connectivity index (χ1) is 13.2. The number of nitrogens with one attached hydrogen (secondary N) is 2. The van der Waals surface area contributed by atoms with E-state index in [1.807, 2.05) is 18.2 Å². The van der Waals surface area contributed by atoms with Gasteiger partial charge >= 0.3 is 0 Å². The number of hydrogen-bond acceptors (Lipinski definition) is 5. The predicted octanol–water partition coefficient (Wildman–Crippen LogP) is 4.20. The number of thiazole rings is 1. The molecule has 2 heterocycles. The smallest absolute Gasteiger partial charge is 0.269 e. The molecule has 0 bridgehead atoms. The maximum atomic E-state index is 12.9. The van der Waals surface area contributed by atoms with Gasteiger partial charge in [0.1, 0.15) is 4.88 Å². The van der Waals surface area contributed by atoms with E-state index in [9.17, 15) is 4.79 Å². The summed E-state index contributed by atoms with van der Waals surface area (Å²) in [5.74, 6) is 0.585. The molecule has 1 aromatic heterocycles. The number of carbonyl (C=O) groups is 1. The molecule has 4 rings (SSSR count). The summed E-state index contributed by atoms with van der Waals surface area (Å²) in [4.78, 5) is 20.2. The predicted molar refractivity (Wildman–Crippen MR) is 111 cm³/mol. The second-order valence-electron chi connectivity index (χ2n) is 6.29. The lowest BCUT2D eigenvalue weighted by molar-refractivity contribution is 0.103. The molecule has 0 radical (unpaired) electrons. The zero-order valence-corrected chi connectivity index (χ0v) is 16.1. The van der Waals surface area contributed by atoms with Crippen LogP contribution in [0.4, 0.5) is 11.5 Å². The summed E-state index contributed by atoms with van der Waals surface area (Å²) < 4.78 is 0.